The van der Waals surface area contributed by atoms with Gasteiger partial charge in [-0.2, -0.15) is 0 Å². The number of rotatable bonds is 10. The van der Waals surface area contributed by atoms with E-state index in [1.807, 2.05) is 12.1 Å². The van der Waals surface area contributed by atoms with Crippen LogP contribution in [-0.4, -0.2) is 64.4 Å². The summed E-state index contributed by atoms with van der Waals surface area (Å²) in [5.41, 5.74) is 0.962. The summed E-state index contributed by atoms with van der Waals surface area (Å²) < 4.78 is 16.2. The lowest BCUT2D eigenvalue weighted by atomic mass is 10.1. The average Bonchev–Trinajstić information content (AvgIpc) is 2.65. The Morgan fingerprint density at radius 3 is 1.96 bits per heavy atom. The maximum atomic E-state index is 5.48. The number of benzene rings is 1. The van der Waals surface area contributed by atoms with E-state index in [0.29, 0.717) is 30.1 Å². The van der Waals surface area contributed by atoms with Crippen LogP contribution in [0.5, 0.6) is 17.2 Å². The highest BCUT2D eigenvalue weighted by atomic mass is 16.5. The van der Waals surface area contributed by atoms with Crippen molar-refractivity contribution in [3.63, 3.8) is 0 Å². The summed E-state index contributed by atoms with van der Waals surface area (Å²) in [6, 6.07) is 4.77. The van der Waals surface area contributed by atoms with E-state index in [9.17, 15) is 0 Å². The van der Waals surface area contributed by atoms with E-state index in [1.54, 1.807) is 28.4 Å². The molecular weight excluding hydrogens is 344 g/mol. The third-order valence-electron chi connectivity index (χ3n) is 4.45. The highest BCUT2D eigenvalue weighted by molar-refractivity contribution is 5.79. The molecule has 0 atom stereocenters. The molecular formula is C20H36N4O3. The van der Waals surface area contributed by atoms with Crippen molar-refractivity contribution in [3.8, 4) is 17.2 Å². The van der Waals surface area contributed by atoms with Crippen molar-refractivity contribution in [3.05, 3.63) is 17.7 Å². The van der Waals surface area contributed by atoms with E-state index >= 15 is 0 Å². The molecule has 0 aromatic heterocycles. The Hall–Kier alpha value is -2.15. The van der Waals surface area contributed by atoms with Crippen molar-refractivity contribution >= 4 is 5.96 Å². The van der Waals surface area contributed by atoms with Crippen molar-refractivity contribution in [1.82, 2.24) is 15.5 Å². The number of guanidine groups is 1. The van der Waals surface area contributed by atoms with Gasteiger partial charge in [-0.3, -0.25) is 9.89 Å². The Balaban J connectivity index is 2.69. The van der Waals surface area contributed by atoms with Crippen LogP contribution in [0, 0.1) is 0 Å². The van der Waals surface area contributed by atoms with E-state index in [0.717, 1.165) is 30.4 Å². The van der Waals surface area contributed by atoms with Crippen LogP contribution in [0.15, 0.2) is 17.1 Å². The smallest absolute Gasteiger partial charge is 0.191 e. The minimum absolute atomic E-state index is 0.512. The second kappa shape index (κ2) is 11.5. The quantitative estimate of drug-likeness (QED) is 0.480. The van der Waals surface area contributed by atoms with E-state index in [1.165, 1.54) is 0 Å². The lowest BCUT2D eigenvalue weighted by molar-refractivity contribution is 0.178. The fourth-order valence-corrected chi connectivity index (χ4v) is 3.05. The van der Waals surface area contributed by atoms with Crippen LogP contribution < -0.4 is 24.8 Å². The number of hydrogen-bond donors (Lipinski definition) is 2. The lowest BCUT2D eigenvalue weighted by Crippen LogP contribution is -2.45. The molecule has 2 N–H and O–H groups in total. The zero-order valence-corrected chi connectivity index (χ0v) is 18.0. The number of hydrogen-bond acceptors (Lipinski definition) is 5. The van der Waals surface area contributed by atoms with Crippen LogP contribution in [0.4, 0.5) is 0 Å². The van der Waals surface area contributed by atoms with Gasteiger partial charge in [-0.05, 0) is 33.8 Å². The average molecular weight is 381 g/mol. The lowest BCUT2D eigenvalue weighted by Gasteiger charge is -2.30. The second-order valence-corrected chi connectivity index (χ2v) is 6.80. The summed E-state index contributed by atoms with van der Waals surface area (Å²) in [6.45, 7) is 11.2. The Bertz CT molecular complexity index is 595. The number of methoxy groups -OCH3 is 3. The minimum Gasteiger partial charge on any atom is -0.496 e. The van der Waals surface area contributed by atoms with Crippen LogP contribution in [0.25, 0.3) is 0 Å². The minimum atomic E-state index is 0.512. The van der Waals surface area contributed by atoms with Gasteiger partial charge in [0.1, 0.15) is 5.75 Å². The fraction of sp³-hybridized carbons (Fsp3) is 0.650. The summed E-state index contributed by atoms with van der Waals surface area (Å²) in [5.74, 6) is 2.80. The number of aliphatic imine (C=N–C) groups is 1. The van der Waals surface area contributed by atoms with Crippen LogP contribution >= 0.6 is 0 Å². The molecule has 1 rings (SSSR count). The Kier molecular flexibility index (Phi) is 9.78. The molecule has 0 unspecified atom stereocenters. The molecule has 1 aromatic rings. The molecule has 154 valence electrons. The third kappa shape index (κ3) is 6.82. The number of ether oxygens (including phenoxy) is 3. The van der Waals surface area contributed by atoms with Crippen LogP contribution in [-0.2, 0) is 6.54 Å². The van der Waals surface area contributed by atoms with Crippen molar-refractivity contribution < 1.29 is 14.2 Å². The van der Waals surface area contributed by atoms with Gasteiger partial charge in [-0.15, -0.1) is 0 Å². The summed E-state index contributed by atoms with van der Waals surface area (Å²) in [5, 5.41) is 6.69. The molecule has 0 aliphatic rings. The predicted octanol–water partition coefficient (Wildman–Crippen LogP) is 2.50. The highest BCUT2D eigenvalue weighted by Crippen LogP contribution is 2.34. The Labute approximate surface area is 164 Å². The summed E-state index contributed by atoms with van der Waals surface area (Å²) in [4.78, 5) is 6.74. The normalized spacial score (nSPS) is 11.9. The molecule has 0 radical (unpaired) electrons. The van der Waals surface area contributed by atoms with Crippen molar-refractivity contribution in [2.45, 2.75) is 46.3 Å². The van der Waals surface area contributed by atoms with Gasteiger partial charge >= 0.3 is 0 Å². The molecule has 0 amide bonds. The molecule has 0 fully saturated rings. The van der Waals surface area contributed by atoms with Gasteiger partial charge in [0, 0.05) is 50.4 Å². The van der Waals surface area contributed by atoms with E-state index < -0.39 is 0 Å². The van der Waals surface area contributed by atoms with Crippen LogP contribution in [0.2, 0.25) is 0 Å². The summed E-state index contributed by atoms with van der Waals surface area (Å²) in [6.07, 6.45) is 0. The first-order valence-corrected chi connectivity index (χ1v) is 9.37. The number of nitrogens with zero attached hydrogens (tertiary/aromatic N) is 2. The van der Waals surface area contributed by atoms with Crippen LogP contribution in [0.1, 0.15) is 33.3 Å². The Morgan fingerprint density at radius 2 is 1.48 bits per heavy atom. The topological polar surface area (TPSA) is 67.4 Å². The molecule has 0 saturated carbocycles. The highest BCUT2D eigenvalue weighted by Gasteiger charge is 2.14. The van der Waals surface area contributed by atoms with Gasteiger partial charge in [0.2, 0.25) is 0 Å². The molecule has 7 nitrogen and oxygen atoms in total. The summed E-state index contributed by atoms with van der Waals surface area (Å²) >= 11 is 0. The van der Waals surface area contributed by atoms with Gasteiger partial charge in [0.15, 0.2) is 17.5 Å². The van der Waals surface area contributed by atoms with E-state index in [2.05, 4.69) is 48.2 Å². The Morgan fingerprint density at radius 1 is 0.926 bits per heavy atom. The zero-order chi connectivity index (χ0) is 20.4. The van der Waals surface area contributed by atoms with Gasteiger partial charge in [-0.1, -0.05) is 0 Å². The molecule has 1 aromatic carbocycles. The molecule has 0 heterocycles. The molecule has 0 aliphatic heterocycles. The third-order valence-corrected chi connectivity index (χ3v) is 4.45. The molecule has 0 spiro atoms. The SMILES string of the molecule is CN=C(NCCN(C(C)C)C(C)C)NCc1cc(OC)c(OC)cc1OC. The molecule has 7 heteroatoms. The van der Waals surface area contributed by atoms with Crippen molar-refractivity contribution in [2.75, 3.05) is 41.5 Å². The van der Waals surface area contributed by atoms with Gasteiger partial charge in [-0.25, -0.2) is 0 Å². The first kappa shape index (κ1) is 22.9. The molecule has 0 saturated heterocycles. The first-order valence-electron chi connectivity index (χ1n) is 9.37. The van der Waals surface area contributed by atoms with Crippen molar-refractivity contribution in [2.24, 2.45) is 4.99 Å². The maximum absolute atomic E-state index is 5.48. The van der Waals surface area contributed by atoms with Crippen molar-refractivity contribution in [1.29, 1.82) is 0 Å². The van der Waals surface area contributed by atoms with Crippen LogP contribution in [0.3, 0.4) is 0 Å². The summed E-state index contributed by atoms with van der Waals surface area (Å²) in [7, 11) is 6.64. The molecule has 0 bridgehead atoms. The van der Waals surface area contributed by atoms with Gasteiger partial charge < -0.3 is 24.8 Å². The number of nitrogens with one attached hydrogen (secondary N) is 2. The van der Waals surface area contributed by atoms with Gasteiger partial charge in [0.05, 0.1) is 21.3 Å². The largest absolute Gasteiger partial charge is 0.496 e. The van der Waals surface area contributed by atoms with E-state index in [-0.39, 0.29) is 0 Å². The maximum Gasteiger partial charge on any atom is 0.191 e. The standard InChI is InChI=1S/C20H36N4O3/c1-14(2)24(15(3)4)10-9-22-20(21-5)23-13-16-11-18(26-7)19(27-8)12-17(16)25-6/h11-12,14-15H,9-10,13H2,1-8H3,(H2,21,22,23). The molecule has 27 heavy (non-hydrogen) atoms. The second-order valence-electron chi connectivity index (χ2n) is 6.80. The monoisotopic (exact) mass is 380 g/mol. The first-order chi connectivity index (χ1) is 12.9. The molecule has 0 aliphatic carbocycles. The predicted molar refractivity (Wildman–Crippen MR) is 111 cm³/mol. The fourth-order valence-electron chi connectivity index (χ4n) is 3.05. The van der Waals surface area contributed by atoms with Gasteiger partial charge in [0.25, 0.3) is 0 Å². The zero-order valence-electron chi connectivity index (χ0n) is 18.0. The van der Waals surface area contributed by atoms with E-state index in [4.69, 9.17) is 14.2 Å².